The van der Waals surface area contributed by atoms with Gasteiger partial charge in [-0.05, 0) is 19.4 Å². The van der Waals surface area contributed by atoms with Crippen LogP contribution in [0.5, 0.6) is 0 Å². The van der Waals surface area contributed by atoms with E-state index in [0.717, 1.165) is 4.67 Å². The van der Waals surface area contributed by atoms with E-state index < -0.39 is 36.4 Å². The topological polar surface area (TPSA) is 99.2 Å². The minimum Gasteiger partial charge on any atom is -0.465 e. The predicted octanol–water partition coefficient (Wildman–Crippen LogP) is 2.15. The largest absolute Gasteiger partial charge is 0.465 e. The zero-order valence-electron chi connectivity index (χ0n) is 15.1. The molecule has 1 aliphatic heterocycles. The van der Waals surface area contributed by atoms with Crippen molar-refractivity contribution >= 4 is 25.4 Å². The van der Waals surface area contributed by atoms with Gasteiger partial charge in [0.05, 0.1) is 13.2 Å². The van der Waals surface area contributed by atoms with Gasteiger partial charge in [0.2, 0.25) is 0 Å². The van der Waals surface area contributed by atoms with E-state index in [2.05, 4.69) is 0 Å². The highest BCUT2D eigenvalue weighted by atomic mass is 31.2. The number of benzene rings is 1. The number of amides is 1. The van der Waals surface area contributed by atoms with Crippen molar-refractivity contribution in [3.05, 3.63) is 35.9 Å². The average molecular weight is 383 g/mol. The molecule has 26 heavy (non-hydrogen) atoms. The molecular formula is C17H22NO7P. The fourth-order valence-electron chi connectivity index (χ4n) is 3.19. The summed E-state index contributed by atoms with van der Waals surface area (Å²) >= 11 is 0. The molecule has 9 heteroatoms. The molecule has 8 nitrogen and oxygen atoms in total. The number of ether oxygens (including phenoxy) is 2. The standard InChI is InChI=1S/C17H22NO7P/c1-5-24-15(20)17(16(21)25-6-2)13(12-10-8-7-9-11-12)26(22,23-4)18(3)14(17)19/h7-11,13H,5-6H2,1-4H3. The lowest BCUT2D eigenvalue weighted by Gasteiger charge is -2.29. The number of esters is 2. The smallest absolute Gasteiger partial charge is 0.334 e. The molecule has 0 spiro atoms. The highest BCUT2D eigenvalue weighted by Crippen LogP contribution is 2.74. The zero-order chi connectivity index (χ0) is 19.5. The fourth-order valence-corrected chi connectivity index (χ4v) is 5.76. The van der Waals surface area contributed by atoms with Crippen LogP contribution in [0.2, 0.25) is 0 Å². The number of rotatable bonds is 6. The molecule has 2 rings (SSSR count). The molecule has 0 saturated carbocycles. The van der Waals surface area contributed by atoms with Crippen LogP contribution in [0, 0.1) is 5.41 Å². The Morgan fingerprint density at radius 1 is 1.12 bits per heavy atom. The summed E-state index contributed by atoms with van der Waals surface area (Å²) in [5.74, 6) is -3.16. The van der Waals surface area contributed by atoms with Gasteiger partial charge in [0, 0.05) is 14.2 Å². The van der Waals surface area contributed by atoms with E-state index in [4.69, 9.17) is 14.0 Å². The number of hydrogen-bond donors (Lipinski definition) is 0. The second-order valence-electron chi connectivity index (χ2n) is 5.64. The van der Waals surface area contributed by atoms with Gasteiger partial charge in [-0.1, -0.05) is 30.3 Å². The molecule has 1 aromatic rings. The third-order valence-corrected chi connectivity index (χ3v) is 7.24. The Balaban J connectivity index is 2.84. The van der Waals surface area contributed by atoms with Crippen molar-refractivity contribution in [2.75, 3.05) is 27.4 Å². The second-order valence-corrected chi connectivity index (χ2v) is 8.25. The minimum absolute atomic E-state index is 0.0597. The lowest BCUT2D eigenvalue weighted by molar-refractivity contribution is -0.175. The maximum absolute atomic E-state index is 13.6. The molecule has 2 atom stereocenters. The Bertz CT molecular complexity index is 731. The van der Waals surface area contributed by atoms with Gasteiger partial charge >= 0.3 is 19.5 Å². The van der Waals surface area contributed by atoms with Crippen LogP contribution in [-0.4, -0.2) is 49.9 Å². The molecule has 2 unspecified atom stereocenters. The van der Waals surface area contributed by atoms with Crippen LogP contribution in [0.25, 0.3) is 0 Å². The summed E-state index contributed by atoms with van der Waals surface area (Å²) < 4.78 is 29.7. The Labute approximate surface area is 151 Å². The van der Waals surface area contributed by atoms with Crippen LogP contribution in [-0.2, 0) is 32.9 Å². The first kappa shape index (κ1) is 20.1. The van der Waals surface area contributed by atoms with Gasteiger partial charge in [-0.2, -0.15) is 0 Å². The van der Waals surface area contributed by atoms with Gasteiger partial charge in [-0.3, -0.25) is 23.6 Å². The van der Waals surface area contributed by atoms with Crippen molar-refractivity contribution in [3.63, 3.8) is 0 Å². The van der Waals surface area contributed by atoms with Gasteiger partial charge in [-0.25, -0.2) is 0 Å². The van der Waals surface area contributed by atoms with Gasteiger partial charge in [-0.15, -0.1) is 0 Å². The normalized spacial score (nSPS) is 24.4. The number of hydrogen-bond acceptors (Lipinski definition) is 7. The van der Waals surface area contributed by atoms with E-state index in [1.807, 2.05) is 0 Å². The first-order valence-corrected chi connectivity index (χ1v) is 9.80. The summed E-state index contributed by atoms with van der Waals surface area (Å²) in [6.07, 6.45) is 0. The summed E-state index contributed by atoms with van der Waals surface area (Å²) in [6, 6.07) is 8.18. The SMILES string of the molecule is CCOC(=O)C1(C(=O)OCC)C(=O)N(C)P(=O)(OC)C1c1ccccc1. The van der Waals surface area contributed by atoms with Crippen molar-refractivity contribution in [1.82, 2.24) is 4.67 Å². The zero-order valence-corrected chi connectivity index (χ0v) is 16.0. The molecule has 0 radical (unpaired) electrons. The van der Waals surface area contributed by atoms with E-state index in [9.17, 15) is 18.9 Å². The van der Waals surface area contributed by atoms with E-state index >= 15 is 0 Å². The fraction of sp³-hybridized carbons (Fsp3) is 0.471. The molecule has 142 valence electrons. The van der Waals surface area contributed by atoms with Crippen molar-refractivity contribution in [3.8, 4) is 0 Å². The van der Waals surface area contributed by atoms with Crippen molar-refractivity contribution in [2.24, 2.45) is 5.41 Å². The van der Waals surface area contributed by atoms with Crippen LogP contribution in [0.1, 0.15) is 25.1 Å². The molecule has 0 N–H and O–H groups in total. The Morgan fingerprint density at radius 3 is 2.04 bits per heavy atom. The number of carbonyl (C=O) groups is 3. The third-order valence-electron chi connectivity index (χ3n) is 4.36. The molecule has 0 aliphatic carbocycles. The molecule has 0 bridgehead atoms. The summed E-state index contributed by atoms with van der Waals surface area (Å²) in [4.78, 5) is 38.8. The summed E-state index contributed by atoms with van der Waals surface area (Å²) in [6.45, 7) is 2.98. The summed E-state index contributed by atoms with van der Waals surface area (Å²) in [5, 5.41) is 0. The maximum Gasteiger partial charge on any atom is 0.334 e. The second kappa shape index (κ2) is 7.60. The van der Waals surface area contributed by atoms with Crippen molar-refractivity contribution in [2.45, 2.75) is 19.5 Å². The molecule has 1 aliphatic rings. The van der Waals surface area contributed by atoms with Crippen LogP contribution in [0.3, 0.4) is 0 Å². The molecule has 1 heterocycles. The highest BCUT2D eigenvalue weighted by Gasteiger charge is 2.75. The van der Waals surface area contributed by atoms with E-state index in [-0.39, 0.29) is 13.2 Å². The summed E-state index contributed by atoms with van der Waals surface area (Å²) in [5.41, 5.74) is -3.46. The molecule has 1 amide bonds. The van der Waals surface area contributed by atoms with Crippen LogP contribution < -0.4 is 0 Å². The monoisotopic (exact) mass is 383 g/mol. The lowest BCUT2D eigenvalue weighted by Crippen LogP contribution is -2.50. The molecule has 0 aromatic heterocycles. The molecule has 1 saturated heterocycles. The van der Waals surface area contributed by atoms with Gasteiger partial charge in [0.25, 0.3) is 11.3 Å². The maximum atomic E-state index is 13.6. The van der Waals surface area contributed by atoms with Crippen LogP contribution in [0.4, 0.5) is 0 Å². The Morgan fingerprint density at radius 2 is 1.62 bits per heavy atom. The molecule has 1 aromatic carbocycles. The average Bonchev–Trinajstić information content (AvgIpc) is 2.82. The van der Waals surface area contributed by atoms with E-state index in [1.54, 1.807) is 44.2 Å². The van der Waals surface area contributed by atoms with Gasteiger partial charge in [0.1, 0.15) is 5.66 Å². The third kappa shape index (κ3) is 2.73. The van der Waals surface area contributed by atoms with E-state index in [0.29, 0.717) is 5.56 Å². The van der Waals surface area contributed by atoms with Gasteiger partial charge in [0.15, 0.2) is 0 Å². The number of nitrogens with zero attached hydrogens (tertiary/aromatic N) is 1. The lowest BCUT2D eigenvalue weighted by atomic mass is 9.80. The molecule has 1 fully saturated rings. The quantitative estimate of drug-likeness (QED) is 0.422. The summed E-state index contributed by atoms with van der Waals surface area (Å²) in [7, 11) is -1.51. The van der Waals surface area contributed by atoms with E-state index in [1.165, 1.54) is 14.2 Å². The Hall–Kier alpha value is -2.18. The number of carbonyl (C=O) groups excluding carboxylic acids is 3. The van der Waals surface area contributed by atoms with Crippen LogP contribution >= 0.6 is 7.52 Å². The van der Waals surface area contributed by atoms with Crippen molar-refractivity contribution < 1.29 is 32.9 Å². The first-order chi connectivity index (χ1) is 12.3. The Kier molecular flexibility index (Phi) is 5.88. The highest BCUT2D eigenvalue weighted by molar-refractivity contribution is 7.58. The molecular weight excluding hydrogens is 361 g/mol. The van der Waals surface area contributed by atoms with Crippen LogP contribution in [0.15, 0.2) is 30.3 Å². The predicted molar refractivity (Wildman–Crippen MR) is 92.3 cm³/mol. The van der Waals surface area contributed by atoms with Crippen molar-refractivity contribution in [1.29, 1.82) is 0 Å². The van der Waals surface area contributed by atoms with Gasteiger partial charge < -0.3 is 14.0 Å². The minimum atomic E-state index is -3.92. The first-order valence-electron chi connectivity index (χ1n) is 8.15.